The third-order valence-corrected chi connectivity index (χ3v) is 7.35. The van der Waals surface area contributed by atoms with Gasteiger partial charge in [0.1, 0.15) is 12.6 Å². The van der Waals surface area contributed by atoms with Crippen LogP contribution >= 0.6 is 12.2 Å². The van der Waals surface area contributed by atoms with Crippen LogP contribution in [0.25, 0.3) is 0 Å². The molecule has 5 rings (SSSR count). The molecule has 0 saturated carbocycles. The number of carbonyl (C=O) groups excluding carboxylic acids is 4. The Morgan fingerprint density at radius 1 is 0.977 bits per heavy atom. The van der Waals surface area contributed by atoms with E-state index in [1.165, 1.54) is 21.7 Å². The fourth-order valence-corrected chi connectivity index (χ4v) is 4.98. The molecule has 1 aromatic heterocycles. The molecule has 1 fully saturated rings. The number of aryl methyl sites for hydroxylation is 2. The lowest BCUT2D eigenvalue weighted by Gasteiger charge is -2.22. The van der Waals surface area contributed by atoms with Gasteiger partial charge in [0.2, 0.25) is 17.1 Å². The van der Waals surface area contributed by atoms with Gasteiger partial charge in [-0.2, -0.15) is 0 Å². The standard InChI is InChI=1S/C30H27N7O5S/c1-18-8-14-22(15-9-18)37-29(41)23(16-25(38)32-21-12-10-19(11-13-21)26(31)39)36(30(37)43)17-24-28(42-34-35(24)2)33-27(40)20-6-4-3-5-7-20/h3-15,23H,16-17H2,1-2H3,(H3-,31,32,33,34,38,39,40)/p+1. The maximum Gasteiger partial charge on any atom is 0.307 e. The Morgan fingerprint density at radius 2 is 1.65 bits per heavy atom. The van der Waals surface area contributed by atoms with Crippen molar-refractivity contribution in [2.45, 2.75) is 25.9 Å². The molecule has 13 heteroatoms. The van der Waals surface area contributed by atoms with Crippen molar-refractivity contribution >= 4 is 58.2 Å². The summed E-state index contributed by atoms with van der Waals surface area (Å²) in [6, 6.07) is 21.0. The summed E-state index contributed by atoms with van der Waals surface area (Å²) >= 11 is 5.78. The van der Waals surface area contributed by atoms with E-state index in [1.807, 2.05) is 19.1 Å². The Labute approximate surface area is 252 Å². The summed E-state index contributed by atoms with van der Waals surface area (Å²) in [6.07, 6.45) is -0.237. The summed E-state index contributed by atoms with van der Waals surface area (Å²) in [4.78, 5) is 54.2. The highest BCUT2D eigenvalue weighted by molar-refractivity contribution is 7.80. The summed E-state index contributed by atoms with van der Waals surface area (Å²) < 4.78 is 6.84. The molecule has 1 unspecified atom stereocenters. The van der Waals surface area contributed by atoms with E-state index in [-0.39, 0.29) is 29.9 Å². The fourth-order valence-electron chi connectivity index (χ4n) is 4.60. The minimum atomic E-state index is -0.980. The zero-order chi connectivity index (χ0) is 30.7. The number of benzene rings is 3. The quantitative estimate of drug-likeness (QED) is 0.196. The van der Waals surface area contributed by atoms with Gasteiger partial charge in [0.15, 0.2) is 12.2 Å². The number of aromatic nitrogens is 2. The first-order valence-electron chi connectivity index (χ1n) is 13.2. The molecule has 4 N–H and O–H groups in total. The average molecular weight is 599 g/mol. The van der Waals surface area contributed by atoms with Gasteiger partial charge in [0, 0.05) is 16.8 Å². The monoisotopic (exact) mass is 598 g/mol. The van der Waals surface area contributed by atoms with Gasteiger partial charge in [0.25, 0.3) is 17.5 Å². The van der Waals surface area contributed by atoms with Crippen molar-refractivity contribution in [2.75, 3.05) is 15.5 Å². The smallest absolute Gasteiger partial charge is 0.307 e. The Morgan fingerprint density at radius 3 is 2.30 bits per heavy atom. The van der Waals surface area contributed by atoms with Crippen LogP contribution in [0.2, 0.25) is 0 Å². The number of nitrogens with one attached hydrogen (secondary N) is 2. The first-order chi connectivity index (χ1) is 20.6. The number of nitrogens with zero attached hydrogens (tertiary/aromatic N) is 4. The lowest BCUT2D eigenvalue weighted by Crippen LogP contribution is -2.43. The first kappa shape index (κ1) is 29.1. The molecule has 43 heavy (non-hydrogen) atoms. The normalized spacial score (nSPS) is 14.6. The molecule has 3 aromatic carbocycles. The van der Waals surface area contributed by atoms with Gasteiger partial charge in [-0.25, -0.2) is 0 Å². The fraction of sp³-hybridized carbons (Fsp3) is 0.167. The van der Waals surface area contributed by atoms with Gasteiger partial charge in [-0.15, -0.1) is 0 Å². The topological polar surface area (TPSA) is 155 Å². The van der Waals surface area contributed by atoms with E-state index in [0.717, 1.165) is 5.56 Å². The lowest BCUT2D eigenvalue weighted by molar-refractivity contribution is -0.746. The van der Waals surface area contributed by atoms with Crippen LogP contribution in [0.3, 0.4) is 0 Å². The molecule has 0 spiro atoms. The first-order valence-corrected chi connectivity index (χ1v) is 13.7. The van der Waals surface area contributed by atoms with Gasteiger partial charge < -0.3 is 16.0 Å². The summed E-state index contributed by atoms with van der Waals surface area (Å²) in [5.41, 5.74) is 8.44. The Bertz CT molecular complexity index is 1710. The molecule has 1 atom stereocenters. The zero-order valence-corrected chi connectivity index (χ0v) is 24.1. The van der Waals surface area contributed by atoms with Crippen LogP contribution in [-0.4, -0.2) is 45.0 Å². The van der Waals surface area contributed by atoms with Crippen LogP contribution in [0.1, 0.15) is 38.4 Å². The molecule has 218 valence electrons. The third kappa shape index (κ3) is 6.26. The van der Waals surface area contributed by atoms with Crippen molar-refractivity contribution in [3.63, 3.8) is 0 Å². The number of thiocarbonyl (C=S) groups is 1. The number of rotatable bonds is 9. The SMILES string of the molecule is Cc1ccc(N2C(=O)C(CC(=O)Nc3ccc(C(N)=O)cc3)N(Cc3c(NC(=O)c4ccccc4)on[n+]3C)C2=S)cc1. The number of primary amides is 1. The van der Waals surface area contributed by atoms with E-state index in [9.17, 15) is 19.2 Å². The lowest BCUT2D eigenvalue weighted by atomic mass is 10.1. The van der Waals surface area contributed by atoms with E-state index in [1.54, 1.807) is 66.5 Å². The van der Waals surface area contributed by atoms with Gasteiger partial charge >= 0.3 is 5.88 Å². The van der Waals surface area contributed by atoms with Gasteiger partial charge in [0.05, 0.1) is 12.1 Å². The molecular weight excluding hydrogens is 570 g/mol. The minimum absolute atomic E-state index is 0.00257. The van der Waals surface area contributed by atoms with Crippen LogP contribution in [-0.2, 0) is 23.2 Å². The Balaban J connectivity index is 1.42. The van der Waals surface area contributed by atoms with E-state index < -0.39 is 23.8 Å². The molecule has 1 aliphatic rings. The molecular formula is C30H28N7O5S+. The van der Waals surface area contributed by atoms with Crippen LogP contribution in [0.4, 0.5) is 17.3 Å². The number of anilines is 3. The second-order valence-corrected chi connectivity index (χ2v) is 10.3. The van der Waals surface area contributed by atoms with Crippen LogP contribution in [0.5, 0.6) is 0 Å². The molecule has 0 bridgehead atoms. The van der Waals surface area contributed by atoms with Crippen molar-refractivity contribution in [1.82, 2.24) is 10.2 Å². The number of hydrogen-bond acceptors (Lipinski definition) is 7. The van der Waals surface area contributed by atoms with Crippen molar-refractivity contribution in [3.05, 3.63) is 101 Å². The third-order valence-electron chi connectivity index (χ3n) is 6.93. The minimum Gasteiger partial charge on any atom is -0.366 e. The van der Waals surface area contributed by atoms with Gasteiger partial charge in [-0.05, 0) is 72.4 Å². The van der Waals surface area contributed by atoms with E-state index in [2.05, 4.69) is 15.9 Å². The Hall–Kier alpha value is -5.43. The van der Waals surface area contributed by atoms with Crippen LogP contribution in [0, 0.1) is 6.92 Å². The maximum atomic E-state index is 13.8. The predicted octanol–water partition coefficient (Wildman–Crippen LogP) is 2.69. The van der Waals surface area contributed by atoms with Crippen molar-refractivity contribution in [3.8, 4) is 0 Å². The molecule has 1 saturated heterocycles. The van der Waals surface area contributed by atoms with Crippen molar-refractivity contribution in [2.24, 2.45) is 12.8 Å². The number of nitrogens with two attached hydrogens (primary N) is 1. The molecule has 4 amide bonds. The number of hydrogen-bond donors (Lipinski definition) is 3. The molecule has 4 aromatic rings. The van der Waals surface area contributed by atoms with Crippen LogP contribution in [0.15, 0.2) is 83.4 Å². The molecule has 1 aliphatic heterocycles. The largest absolute Gasteiger partial charge is 0.366 e. The molecule has 0 radical (unpaired) electrons. The van der Waals surface area contributed by atoms with Gasteiger partial charge in [-0.1, -0.05) is 35.9 Å². The van der Waals surface area contributed by atoms with Crippen molar-refractivity contribution in [1.29, 1.82) is 0 Å². The van der Waals surface area contributed by atoms with E-state index in [4.69, 9.17) is 22.5 Å². The summed E-state index contributed by atoms with van der Waals surface area (Å²) in [7, 11) is 1.63. The Kier molecular flexibility index (Phi) is 8.25. The molecule has 0 aliphatic carbocycles. The maximum absolute atomic E-state index is 13.8. The summed E-state index contributed by atoms with van der Waals surface area (Å²) in [5.74, 6) is -1.74. The number of amides is 4. The van der Waals surface area contributed by atoms with E-state index in [0.29, 0.717) is 28.2 Å². The zero-order valence-electron chi connectivity index (χ0n) is 23.3. The molecule has 12 nitrogen and oxygen atoms in total. The van der Waals surface area contributed by atoms with Gasteiger partial charge in [-0.3, -0.25) is 33.9 Å². The second kappa shape index (κ2) is 12.2. The second-order valence-electron chi connectivity index (χ2n) is 9.92. The van der Waals surface area contributed by atoms with E-state index >= 15 is 0 Å². The molecule has 2 heterocycles. The number of carbonyl (C=O) groups is 4. The highest BCUT2D eigenvalue weighted by Gasteiger charge is 2.46. The highest BCUT2D eigenvalue weighted by atomic mass is 32.1. The summed E-state index contributed by atoms with van der Waals surface area (Å²) in [6.45, 7) is 1.93. The predicted molar refractivity (Wildman–Crippen MR) is 161 cm³/mol. The average Bonchev–Trinajstić information content (AvgIpc) is 3.45. The summed E-state index contributed by atoms with van der Waals surface area (Å²) in [5, 5.41) is 9.61. The highest BCUT2D eigenvalue weighted by Crippen LogP contribution is 2.30. The van der Waals surface area contributed by atoms with Crippen molar-refractivity contribution < 1.29 is 28.4 Å². The van der Waals surface area contributed by atoms with Crippen LogP contribution < -0.4 is 25.9 Å².